The number of anilines is 1. The maximum atomic E-state index is 13.8. The molecule has 0 radical (unpaired) electrons. The molecular weight excluding hydrogens is 383 g/mol. The molecule has 2 bridgehead atoms. The number of piperidine rings is 3. The number of ether oxygens (including phenoxy) is 1. The van der Waals surface area contributed by atoms with Gasteiger partial charge in [0.2, 0.25) is 0 Å². The van der Waals surface area contributed by atoms with Crippen LogP contribution in [-0.2, 0) is 11.3 Å². The second-order valence-electron chi connectivity index (χ2n) is 7.20. The van der Waals surface area contributed by atoms with Crippen LogP contribution in [0.4, 0.5) is 14.9 Å². The van der Waals surface area contributed by atoms with Crippen molar-refractivity contribution in [1.82, 2.24) is 4.90 Å². The maximum Gasteiger partial charge on any atom is 0.414 e. The number of carboxylic acids is 1. The van der Waals surface area contributed by atoms with Crippen LogP contribution < -0.4 is 4.90 Å². The summed E-state index contributed by atoms with van der Waals surface area (Å²) in [6.07, 6.45) is 1.34. The summed E-state index contributed by atoms with van der Waals surface area (Å²) in [4.78, 5) is 28.7. The van der Waals surface area contributed by atoms with Crippen molar-refractivity contribution < 1.29 is 23.8 Å². The minimum atomic E-state index is -1.01. The average molecular weight is 404 g/mol. The minimum Gasteiger partial charge on any atom is -0.477 e. The van der Waals surface area contributed by atoms with E-state index in [-0.39, 0.29) is 17.5 Å². The molecule has 148 valence electrons. The van der Waals surface area contributed by atoms with E-state index in [0.717, 1.165) is 43.8 Å². The summed E-state index contributed by atoms with van der Waals surface area (Å²) in [6, 6.07) is 8.95. The predicted octanol–water partition coefficient (Wildman–Crippen LogP) is 3.82. The van der Waals surface area contributed by atoms with E-state index in [1.54, 1.807) is 12.1 Å². The summed E-state index contributed by atoms with van der Waals surface area (Å²) < 4.78 is 19.6. The highest BCUT2D eigenvalue weighted by molar-refractivity contribution is 7.13. The van der Waals surface area contributed by atoms with Crippen LogP contribution in [0.25, 0.3) is 0 Å². The lowest BCUT2D eigenvalue weighted by atomic mass is 9.86. The molecule has 5 rings (SSSR count). The topological polar surface area (TPSA) is 70.1 Å². The highest BCUT2D eigenvalue weighted by atomic mass is 32.1. The second-order valence-corrected chi connectivity index (χ2v) is 8.37. The van der Waals surface area contributed by atoms with Crippen LogP contribution in [-0.4, -0.2) is 47.8 Å². The molecule has 3 saturated heterocycles. The molecule has 28 heavy (non-hydrogen) atoms. The molecular formula is C20H21FN2O4S. The monoisotopic (exact) mass is 404 g/mol. The van der Waals surface area contributed by atoms with Gasteiger partial charge in [0.25, 0.3) is 0 Å². The SMILES string of the molecule is O=C(O)c1ccc(CN(C(=O)O[C@H]2CN3CCC2CC3)c2cccc(F)c2)s1. The first-order valence-electron chi connectivity index (χ1n) is 9.27. The van der Waals surface area contributed by atoms with Crippen molar-refractivity contribution in [2.75, 3.05) is 24.5 Å². The third-order valence-electron chi connectivity index (χ3n) is 5.38. The quantitative estimate of drug-likeness (QED) is 0.820. The van der Waals surface area contributed by atoms with Crippen LogP contribution in [0.3, 0.4) is 0 Å². The smallest absolute Gasteiger partial charge is 0.414 e. The van der Waals surface area contributed by atoms with Crippen LogP contribution in [0.5, 0.6) is 0 Å². The number of fused-ring (bicyclic) bond motifs is 3. The van der Waals surface area contributed by atoms with E-state index in [0.29, 0.717) is 16.5 Å². The fourth-order valence-electron chi connectivity index (χ4n) is 3.88. The molecule has 1 aromatic heterocycles. The fourth-order valence-corrected chi connectivity index (χ4v) is 4.71. The zero-order valence-corrected chi connectivity index (χ0v) is 16.0. The number of nitrogens with zero attached hydrogens (tertiary/aromatic N) is 2. The Kier molecular flexibility index (Phi) is 5.32. The molecule has 0 saturated carbocycles. The zero-order chi connectivity index (χ0) is 19.7. The number of rotatable bonds is 5. The maximum absolute atomic E-state index is 13.8. The number of halogens is 1. The van der Waals surface area contributed by atoms with Gasteiger partial charge < -0.3 is 9.84 Å². The normalized spacial score (nSPS) is 23.4. The Labute approximate surface area is 166 Å². The summed E-state index contributed by atoms with van der Waals surface area (Å²) in [6.45, 7) is 2.94. The molecule has 0 spiro atoms. The number of hydrogen-bond acceptors (Lipinski definition) is 5. The highest BCUT2D eigenvalue weighted by Gasteiger charge is 2.37. The van der Waals surface area contributed by atoms with Crippen molar-refractivity contribution in [3.63, 3.8) is 0 Å². The third kappa shape index (κ3) is 4.02. The van der Waals surface area contributed by atoms with Crippen LogP contribution >= 0.6 is 11.3 Å². The Morgan fingerprint density at radius 1 is 1.25 bits per heavy atom. The van der Waals surface area contributed by atoms with E-state index < -0.39 is 17.9 Å². The number of amides is 1. The minimum absolute atomic E-state index is 0.126. The Bertz CT molecular complexity index is 879. The highest BCUT2D eigenvalue weighted by Crippen LogP contribution is 2.31. The molecule has 1 aromatic carbocycles. The molecule has 3 fully saturated rings. The molecule has 0 aliphatic carbocycles. The summed E-state index contributed by atoms with van der Waals surface area (Å²) in [5.41, 5.74) is 0.386. The van der Waals surface area contributed by atoms with Gasteiger partial charge in [0.15, 0.2) is 0 Å². The van der Waals surface area contributed by atoms with Crippen LogP contribution in [0.2, 0.25) is 0 Å². The van der Waals surface area contributed by atoms with Gasteiger partial charge in [0, 0.05) is 11.4 Å². The Morgan fingerprint density at radius 2 is 2.04 bits per heavy atom. The molecule has 1 atom stereocenters. The molecule has 6 nitrogen and oxygen atoms in total. The lowest BCUT2D eigenvalue weighted by molar-refractivity contribution is -0.0311. The summed E-state index contributed by atoms with van der Waals surface area (Å²) in [5.74, 6) is -1.09. The average Bonchev–Trinajstić information content (AvgIpc) is 3.16. The Morgan fingerprint density at radius 3 is 2.64 bits per heavy atom. The van der Waals surface area contributed by atoms with E-state index in [1.807, 2.05) is 0 Å². The number of thiophene rings is 1. The van der Waals surface area contributed by atoms with Crippen molar-refractivity contribution in [3.05, 3.63) is 52.0 Å². The summed E-state index contributed by atoms with van der Waals surface area (Å²) in [5, 5.41) is 9.12. The number of aromatic carboxylic acids is 1. The lowest BCUT2D eigenvalue weighted by Gasteiger charge is -2.44. The first-order valence-corrected chi connectivity index (χ1v) is 10.1. The molecule has 8 heteroatoms. The number of carbonyl (C=O) groups is 2. The van der Waals surface area contributed by atoms with E-state index >= 15 is 0 Å². The molecule has 2 aromatic rings. The van der Waals surface area contributed by atoms with Gasteiger partial charge in [0.1, 0.15) is 16.8 Å². The summed E-state index contributed by atoms with van der Waals surface area (Å²) >= 11 is 1.09. The molecule has 0 unspecified atom stereocenters. The number of benzene rings is 1. The van der Waals surface area contributed by atoms with E-state index in [1.165, 1.54) is 29.2 Å². The second kappa shape index (κ2) is 7.89. The first kappa shape index (κ1) is 18.9. The van der Waals surface area contributed by atoms with Crippen molar-refractivity contribution >= 4 is 29.1 Å². The zero-order valence-electron chi connectivity index (χ0n) is 15.2. The van der Waals surface area contributed by atoms with Crippen LogP contribution in [0, 0.1) is 11.7 Å². The van der Waals surface area contributed by atoms with Gasteiger partial charge in [-0.3, -0.25) is 9.80 Å². The summed E-state index contributed by atoms with van der Waals surface area (Å²) in [7, 11) is 0. The van der Waals surface area contributed by atoms with Gasteiger partial charge >= 0.3 is 12.1 Å². The largest absolute Gasteiger partial charge is 0.477 e. The van der Waals surface area contributed by atoms with E-state index in [4.69, 9.17) is 9.84 Å². The van der Waals surface area contributed by atoms with Gasteiger partial charge in [-0.05, 0) is 62.2 Å². The van der Waals surface area contributed by atoms with E-state index in [9.17, 15) is 14.0 Å². The third-order valence-corrected chi connectivity index (χ3v) is 6.43. The molecule has 4 heterocycles. The van der Waals surface area contributed by atoms with Crippen molar-refractivity contribution in [1.29, 1.82) is 0 Å². The van der Waals surface area contributed by atoms with Gasteiger partial charge in [-0.25, -0.2) is 14.0 Å². The van der Waals surface area contributed by atoms with Crippen LogP contribution in [0.1, 0.15) is 27.4 Å². The standard InChI is InChI=1S/C20H21FN2O4S/c21-14-2-1-3-15(10-14)23(11-16-4-5-18(28-16)19(24)25)20(26)27-17-12-22-8-6-13(17)7-9-22/h1-5,10,13,17H,6-9,11-12H2,(H,24,25)/t17-/m0/s1. The number of carboxylic acid groups (broad SMARTS) is 1. The Balaban J connectivity index is 1.55. The van der Waals surface area contributed by atoms with Crippen molar-refractivity contribution in [2.24, 2.45) is 5.92 Å². The van der Waals surface area contributed by atoms with Crippen LogP contribution in [0.15, 0.2) is 36.4 Å². The number of carbonyl (C=O) groups excluding carboxylic acids is 1. The first-order chi connectivity index (χ1) is 13.5. The molecule has 1 amide bonds. The van der Waals surface area contributed by atoms with Crippen molar-refractivity contribution in [2.45, 2.75) is 25.5 Å². The molecule has 1 N–H and O–H groups in total. The number of hydrogen-bond donors (Lipinski definition) is 1. The van der Waals surface area contributed by atoms with Gasteiger partial charge in [-0.2, -0.15) is 0 Å². The van der Waals surface area contributed by atoms with Gasteiger partial charge in [-0.15, -0.1) is 11.3 Å². The van der Waals surface area contributed by atoms with E-state index in [2.05, 4.69) is 4.90 Å². The molecule has 3 aliphatic rings. The lowest BCUT2D eigenvalue weighted by Crippen LogP contribution is -2.53. The fraction of sp³-hybridized carbons (Fsp3) is 0.400. The predicted molar refractivity (Wildman–Crippen MR) is 103 cm³/mol. The Hall–Kier alpha value is -2.45. The van der Waals surface area contributed by atoms with Crippen molar-refractivity contribution in [3.8, 4) is 0 Å². The van der Waals surface area contributed by atoms with Gasteiger partial charge in [-0.1, -0.05) is 6.07 Å². The molecule has 3 aliphatic heterocycles. The van der Waals surface area contributed by atoms with Gasteiger partial charge in [0.05, 0.1) is 12.2 Å².